The fourth-order valence-electron chi connectivity index (χ4n) is 3.56. The topological polar surface area (TPSA) is 119 Å². The SMILES string of the molecule is C=C1C(=O)O[C@@H]2/C=C(/C)[C@@H](OC(C)=O)CC=C(C)C[C@@H](OC(=O)/C(=C/CO)CO)[C@H]12. The lowest BCUT2D eigenvalue weighted by Crippen LogP contribution is -2.34. The molecule has 0 unspecified atom stereocenters. The highest BCUT2D eigenvalue weighted by Gasteiger charge is 2.45. The molecule has 1 aliphatic heterocycles. The van der Waals surface area contributed by atoms with Crippen molar-refractivity contribution in [3.8, 4) is 0 Å². The van der Waals surface area contributed by atoms with Gasteiger partial charge in [0.2, 0.25) is 0 Å². The second-order valence-electron chi connectivity index (χ2n) is 7.43. The standard InChI is InChI=1S/C22H28O8/c1-12-5-6-17(28-15(4)25)13(2)10-19-20(14(3)21(26)29-19)18(9-12)30-22(27)16(11-24)7-8-23/h5,7,10,17-20,23-24H,3,6,8-9,11H2,1-2,4H3/b12-5?,13-10-,16-7+/t17-,18+,19+,20-/m0/s1. The van der Waals surface area contributed by atoms with Gasteiger partial charge in [0.15, 0.2) is 0 Å². The van der Waals surface area contributed by atoms with Crippen LogP contribution < -0.4 is 0 Å². The summed E-state index contributed by atoms with van der Waals surface area (Å²) < 4.78 is 16.5. The molecule has 0 bridgehead atoms. The van der Waals surface area contributed by atoms with Crippen molar-refractivity contribution in [2.24, 2.45) is 5.92 Å². The predicted molar refractivity (Wildman–Crippen MR) is 107 cm³/mol. The maximum Gasteiger partial charge on any atom is 0.336 e. The molecular formula is C22H28O8. The van der Waals surface area contributed by atoms with Crippen LogP contribution in [0.5, 0.6) is 0 Å². The van der Waals surface area contributed by atoms with Crippen molar-refractivity contribution in [3.63, 3.8) is 0 Å². The van der Waals surface area contributed by atoms with E-state index in [0.717, 1.165) is 5.57 Å². The third-order valence-electron chi connectivity index (χ3n) is 5.14. The molecule has 0 radical (unpaired) electrons. The second-order valence-corrected chi connectivity index (χ2v) is 7.43. The molecule has 0 spiro atoms. The molecule has 164 valence electrons. The summed E-state index contributed by atoms with van der Waals surface area (Å²) in [5.74, 6) is -2.44. The average Bonchev–Trinajstić information content (AvgIpc) is 2.94. The van der Waals surface area contributed by atoms with Crippen molar-refractivity contribution in [1.82, 2.24) is 0 Å². The van der Waals surface area contributed by atoms with E-state index in [2.05, 4.69) is 6.58 Å². The third kappa shape index (κ3) is 5.67. The molecule has 0 aromatic heterocycles. The van der Waals surface area contributed by atoms with Crippen LogP contribution in [0.2, 0.25) is 0 Å². The van der Waals surface area contributed by atoms with Gasteiger partial charge in [-0.25, -0.2) is 9.59 Å². The van der Waals surface area contributed by atoms with Gasteiger partial charge in [0.05, 0.1) is 24.7 Å². The molecule has 4 atom stereocenters. The number of rotatable bonds is 5. The Morgan fingerprint density at radius 1 is 1.30 bits per heavy atom. The summed E-state index contributed by atoms with van der Waals surface area (Å²) in [4.78, 5) is 36.2. The summed E-state index contributed by atoms with van der Waals surface area (Å²) in [7, 11) is 0. The Labute approximate surface area is 175 Å². The third-order valence-corrected chi connectivity index (χ3v) is 5.14. The monoisotopic (exact) mass is 420 g/mol. The summed E-state index contributed by atoms with van der Waals surface area (Å²) in [5.41, 5.74) is 1.67. The van der Waals surface area contributed by atoms with E-state index in [9.17, 15) is 19.5 Å². The molecule has 1 aliphatic carbocycles. The van der Waals surface area contributed by atoms with Crippen LogP contribution in [0.3, 0.4) is 0 Å². The number of carbonyl (C=O) groups excluding carboxylic acids is 3. The van der Waals surface area contributed by atoms with Gasteiger partial charge in [-0.15, -0.1) is 0 Å². The lowest BCUT2D eigenvalue weighted by molar-refractivity contribution is -0.148. The first-order valence-electron chi connectivity index (χ1n) is 9.70. The summed E-state index contributed by atoms with van der Waals surface area (Å²) in [6.07, 6.45) is 3.45. The first-order chi connectivity index (χ1) is 14.2. The zero-order valence-electron chi connectivity index (χ0n) is 17.4. The smallest absolute Gasteiger partial charge is 0.336 e. The molecule has 8 nitrogen and oxygen atoms in total. The average molecular weight is 420 g/mol. The first kappa shape index (κ1) is 23.6. The fraction of sp³-hybridized carbons (Fsp3) is 0.500. The van der Waals surface area contributed by atoms with E-state index in [1.54, 1.807) is 13.0 Å². The summed E-state index contributed by atoms with van der Waals surface area (Å²) in [6, 6.07) is 0. The van der Waals surface area contributed by atoms with Crippen LogP contribution >= 0.6 is 0 Å². The molecule has 0 aromatic carbocycles. The molecule has 2 rings (SSSR count). The van der Waals surface area contributed by atoms with Crippen LogP contribution in [0.15, 0.2) is 47.1 Å². The number of ether oxygens (including phenoxy) is 3. The normalized spacial score (nSPS) is 29.2. The minimum atomic E-state index is -0.786. The van der Waals surface area contributed by atoms with Gasteiger partial charge in [0.25, 0.3) is 0 Å². The van der Waals surface area contributed by atoms with Crippen LogP contribution in [0.25, 0.3) is 0 Å². The molecule has 8 heteroatoms. The highest BCUT2D eigenvalue weighted by Crippen LogP contribution is 2.36. The van der Waals surface area contributed by atoms with E-state index in [4.69, 9.17) is 19.3 Å². The van der Waals surface area contributed by atoms with Crippen molar-refractivity contribution in [3.05, 3.63) is 47.1 Å². The number of esters is 3. The van der Waals surface area contributed by atoms with Crippen LogP contribution in [0.1, 0.15) is 33.6 Å². The maximum atomic E-state index is 12.5. The Bertz CT molecular complexity index is 804. The van der Waals surface area contributed by atoms with E-state index in [1.165, 1.54) is 13.0 Å². The zero-order chi connectivity index (χ0) is 22.4. The molecule has 0 aromatic rings. The van der Waals surface area contributed by atoms with E-state index in [0.29, 0.717) is 18.4 Å². The van der Waals surface area contributed by atoms with Gasteiger partial charge in [-0.2, -0.15) is 0 Å². The van der Waals surface area contributed by atoms with Crippen molar-refractivity contribution < 1.29 is 38.8 Å². The van der Waals surface area contributed by atoms with Gasteiger partial charge in [0, 0.05) is 25.3 Å². The van der Waals surface area contributed by atoms with Gasteiger partial charge in [0.1, 0.15) is 18.3 Å². The van der Waals surface area contributed by atoms with Crippen molar-refractivity contribution in [2.45, 2.75) is 51.9 Å². The molecule has 1 fully saturated rings. The molecule has 1 heterocycles. The molecule has 1 saturated heterocycles. The number of aliphatic hydroxyl groups is 2. The Morgan fingerprint density at radius 3 is 2.60 bits per heavy atom. The Hall–Kier alpha value is -2.71. The lowest BCUT2D eigenvalue weighted by atomic mass is 9.85. The maximum absolute atomic E-state index is 12.5. The van der Waals surface area contributed by atoms with E-state index in [1.807, 2.05) is 13.0 Å². The summed E-state index contributed by atoms with van der Waals surface area (Å²) in [6.45, 7) is 7.76. The van der Waals surface area contributed by atoms with E-state index >= 15 is 0 Å². The number of fused-ring (bicyclic) bond motifs is 1. The fourth-order valence-corrected chi connectivity index (χ4v) is 3.56. The summed E-state index contributed by atoms with van der Waals surface area (Å²) >= 11 is 0. The molecular weight excluding hydrogens is 392 g/mol. The molecule has 0 amide bonds. The number of carbonyl (C=O) groups is 3. The Balaban J connectivity index is 2.42. The summed E-state index contributed by atoms with van der Waals surface area (Å²) in [5, 5.41) is 18.4. The van der Waals surface area contributed by atoms with Crippen molar-refractivity contribution >= 4 is 17.9 Å². The van der Waals surface area contributed by atoms with E-state index < -0.39 is 55.4 Å². The van der Waals surface area contributed by atoms with Crippen molar-refractivity contribution in [1.29, 1.82) is 0 Å². The first-order valence-corrected chi connectivity index (χ1v) is 9.70. The Kier molecular flexibility index (Phi) is 8.14. The van der Waals surface area contributed by atoms with Crippen LogP contribution in [-0.2, 0) is 28.6 Å². The number of hydrogen-bond acceptors (Lipinski definition) is 8. The van der Waals surface area contributed by atoms with Crippen LogP contribution in [0, 0.1) is 5.92 Å². The second kappa shape index (κ2) is 10.4. The largest absolute Gasteiger partial charge is 0.458 e. The molecule has 2 N–H and O–H groups in total. The predicted octanol–water partition coefficient (Wildman–Crippen LogP) is 1.53. The number of aliphatic hydroxyl groups excluding tert-OH is 2. The minimum Gasteiger partial charge on any atom is -0.458 e. The molecule has 2 aliphatic rings. The van der Waals surface area contributed by atoms with Gasteiger partial charge in [-0.05, 0) is 31.6 Å². The van der Waals surface area contributed by atoms with Gasteiger partial charge >= 0.3 is 17.9 Å². The van der Waals surface area contributed by atoms with Gasteiger partial charge in [-0.3, -0.25) is 4.79 Å². The van der Waals surface area contributed by atoms with Crippen LogP contribution in [-0.4, -0.2) is 59.6 Å². The molecule has 0 saturated carbocycles. The van der Waals surface area contributed by atoms with Crippen molar-refractivity contribution in [2.75, 3.05) is 13.2 Å². The van der Waals surface area contributed by atoms with Crippen LogP contribution in [0.4, 0.5) is 0 Å². The quantitative estimate of drug-likeness (QED) is 0.297. The highest BCUT2D eigenvalue weighted by molar-refractivity contribution is 5.92. The number of hydrogen-bond donors (Lipinski definition) is 2. The van der Waals surface area contributed by atoms with Gasteiger partial charge in [-0.1, -0.05) is 18.2 Å². The minimum absolute atomic E-state index is 0.0784. The Morgan fingerprint density at radius 2 is 2.00 bits per heavy atom. The highest BCUT2D eigenvalue weighted by atomic mass is 16.6. The lowest BCUT2D eigenvalue weighted by Gasteiger charge is -2.28. The van der Waals surface area contributed by atoms with E-state index in [-0.39, 0.29) is 11.1 Å². The van der Waals surface area contributed by atoms with Gasteiger partial charge < -0.3 is 24.4 Å². The molecule has 30 heavy (non-hydrogen) atoms. The zero-order valence-corrected chi connectivity index (χ0v) is 17.4.